The number of nitrogens with zero attached hydrogens (tertiary/aromatic N) is 1. The molecule has 2 amide bonds. The number of carbonyl (C=O) groups is 2. The van der Waals surface area contributed by atoms with E-state index in [4.69, 9.17) is 4.74 Å². The predicted molar refractivity (Wildman–Crippen MR) is 100 cm³/mol. The van der Waals surface area contributed by atoms with Crippen LogP contribution in [-0.4, -0.2) is 40.9 Å². The summed E-state index contributed by atoms with van der Waals surface area (Å²) in [5.74, 6) is -0.149. The van der Waals surface area contributed by atoms with Gasteiger partial charge in [0.15, 0.2) is 0 Å². The van der Waals surface area contributed by atoms with E-state index < -0.39 is 22.5 Å². The first kappa shape index (κ1) is 18.9. The van der Waals surface area contributed by atoms with Crippen molar-refractivity contribution in [3.05, 3.63) is 48.0 Å². The summed E-state index contributed by atoms with van der Waals surface area (Å²) in [7, 11) is -0.774. The number of para-hydroxylation sites is 2. The average molecular weight is 389 g/mol. The van der Waals surface area contributed by atoms with Gasteiger partial charge in [0.05, 0.1) is 30.7 Å². The van der Waals surface area contributed by atoms with Gasteiger partial charge in [0.25, 0.3) is 0 Å². The Hall–Kier alpha value is -2.91. The van der Waals surface area contributed by atoms with E-state index in [0.717, 1.165) is 0 Å². The molecule has 0 aliphatic carbocycles. The van der Waals surface area contributed by atoms with Crippen LogP contribution in [0, 0.1) is 0 Å². The molecule has 0 bridgehead atoms. The first-order valence-corrected chi connectivity index (χ1v) is 9.62. The Balaban J connectivity index is 1.68. The minimum Gasteiger partial charge on any atom is -0.495 e. The van der Waals surface area contributed by atoms with E-state index in [9.17, 15) is 18.0 Å². The van der Waals surface area contributed by atoms with Crippen LogP contribution in [0.3, 0.4) is 0 Å². The van der Waals surface area contributed by atoms with E-state index in [1.54, 1.807) is 37.4 Å². The van der Waals surface area contributed by atoms with Gasteiger partial charge in [0.2, 0.25) is 21.8 Å². The van der Waals surface area contributed by atoms with Gasteiger partial charge >= 0.3 is 0 Å². The van der Waals surface area contributed by atoms with Crippen molar-refractivity contribution in [2.75, 3.05) is 30.9 Å². The number of nitrogens with one attached hydrogen (secondary N) is 2. The number of fused-ring (bicyclic) bond motifs is 1. The van der Waals surface area contributed by atoms with Crippen LogP contribution in [-0.2, 0) is 26.0 Å². The molecular formula is C18H19N3O5S. The monoisotopic (exact) mass is 389 g/mol. The van der Waals surface area contributed by atoms with E-state index in [1.165, 1.54) is 24.1 Å². The Labute approximate surface area is 157 Å². The molecule has 2 N–H and O–H groups in total. The van der Waals surface area contributed by atoms with Crippen LogP contribution in [0.4, 0.5) is 11.4 Å². The number of hydrogen-bond acceptors (Lipinski definition) is 5. The van der Waals surface area contributed by atoms with Crippen molar-refractivity contribution < 1.29 is 22.7 Å². The van der Waals surface area contributed by atoms with Crippen molar-refractivity contribution in [1.29, 1.82) is 0 Å². The number of amides is 2. The Bertz CT molecular complexity index is 1000. The number of anilines is 2. The lowest BCUT2D eigenvalue weighted by molar-refractivity contribution is -0.117. The molecule has 9 heteroatoms. The summed E-state index contributed by atoms with van der Waals surface area (Å²) in [6, 6.07) is 11.3. The maximum absolute atomic E-state index is 12.5. The number of carbonyl (C=O) groups excluding carboxylic acids is 2. The van der Waals surface area contributed by atoms with Gasteiger partial charge in [0.1, 0.15) is 5.75 Å². The number of sulfonamides is 1. The van der Waals surface area contributed by atoms with Crippen molar-refractivity contribution >= 4 is 33.2 Å². The van der Waals surface area contributed by atoms with Crippen LogP contribution >= 0.6 is 0 Å². The second-order valence-electron chi connectivity index (χ2n) is 5.99. The van der Waals surface area contributed by atoms with Crippen molar-refractivity contribution in [1.82, 2.24) is 4.72 Å². The summed E-state index contributed by atoms with van der Waals surface area (Å²) in [6.07, 6.45) is 0.156. The normalized spacial score (nSPS) is 13.4. The number of benzene rings is 2. The molecule has 27 heavy (non-hydrogen) atoms. The van der Waals surface area contributed by atoms with Crippen LogP contribution in [0.1, 0.15) is 5.56 Å². The molecule has 0 saturated heterocycles. The summed E-state index contributed by atoms with van der Waals surface area (Å²) >= 11 is 0. The summed E-state index contributed by atoms with van der Waals surface area (Å²) < 4.78 is 32.3. The van der Waals surface area contributed by atoms with Crippen molar-refractivity contribution in [2.24, 2.45) is 0 Å². The van der Waals surface area contributed by atoms with Crippen LogP contribution in [0.2, 0.25) is 0 Å². The fourth-order valence-electron chi connectivity index (χ4n) is 2.80. The molecule has 2 aromatic carbocycles. The number of hydrogen-bond donors (Lipinski definition) is 2. The molecule has 0 atom stereocenters. The number of rotatable bonds is 6. The van der Waals surface area contributed by atoms with Crippen LogP contribution < -0.4 is 19.7 Å². The van der Waals surface area contributed by atoms with E-state index in [-0.39, 0.29) is 17.2 Å². The number of likely N-dealkylation sites (N-methyl/N-ethyl adjacent to an activating group) is 1. The SMILES string of the molecule is COc1ccccc1NC(=O)CNS(=O)(=O)c1ccc2c(c1)CC(=O)N2C. The Morgan fingerprint density at radius 1 is 1.22 bits per heavy atom. The highest BCUT2D eigenvalue weighted by Gasteiger charge is 2.26. The molecule has 142 valence electrons. The van der Waals surface area contributed by atoms with E-state index in [1.807, 2.05) is 0 Å². The molecule has 0 spiro atoms. The Kier molecular flexibility index (Phi) is 5.15. The van der Waals surface area contributed by atoms with Gasteiger partial charge in [-0.05, 0) is 35.9 Å². The molecule has 1 aliphatic rings. The third-order valence-electron chi connectivity index (χ3n) is 4.24. The fourth-order valence-corrected chi connectivity index (χ4v) is 3.83. The minimum absolute atomic E-state index is 0.00874. The minimum atomic E-state index is -3.89. The topological polar surface area (TPSA) is 105 Å². The second kappa shape index (κ2) is 7.37. The Morgan fingerprint density at radius 2 is 1.96 bits per heavy atom. The van der Waals surface area contributed by atoms with Gasteiger partial charge in [-0.1, -0.05) is 12.1 Å². The molecule has 1 heterocycles. The average Bonchev–Trinajstić information content (AvgIpc) is 2.94. The van der Waals surface area contributed by atoms with Crippen LogP contribution in [0.25, 0.3) is 0 Å². The van der Waals surface area contributed by atoms with Gasteiger partial charge in [-0.15, -0.1) is 0 Å². The van der Waals surface area contributed by atoms with E-state index >= 15 is 0 Å². The van der Waals surface area contributed by atoms with Gasteiger partial charge < -0.3 is 15.0 Å². The molecule has 1 aliphatic heterocycles. The number of ether oxygens (including phenoxy) is 1. The molecule has 0 fully saturated rings. The Morgan fingerprint density at radius 3 is 2.70 bits per heavy atom. The summed E-state index contributed by atoms with van der Waals surface area (Å²) in [6.45, 7) is -0.434. The van der Waals surface area contributed by atoms with Crippen molar-refractivity contribution in [3.63, 3.8) is 0 Å². The quantitative estimate of drug-likeness (QED) is 0.771. The predicted octanol–water partition coefficient (Wildman–Crippen LogP) is 1.13. The van der Waals surface area contributed by atoms with Gasteiger partial charge in [-0.25, -0.2) is 13.1 Å². The standard InChI is InChI=1S/C18H19N3O5S/c1-21-15-8-7-13(9-12(15)10-18(21)23)27(24,25)19-11-17(22)20-14-5-3-4-6-16(14)26-2/h3-9,19H,10-11H2,1-2H3,(H,20,22). The largest absolute Gasteiger partial charge is 0.495 e. The maximum Gasteiger partial charge on any atom is 0.241 e. The van der Waals surface area contributed by atoms with E-state index in [0.29, 0.717) is 22.7 Å². The summed E-state index contributed by atoms with van der Waals surface area (Å²) in [4.78, 5) is 25.3. The highest BCUT2D eigenvalue weighted by atomic mass is 32.2. The molecule has 2 aromatic rings. The van der Waals surface area contributed by atoms with Crippen molar-refractivity contribution in [3.8, 4) is 5.75 Å². The lowest BCUT2D eigenvalue weighted by Gasteiger charge is -2.12. The highest BCUT2D eigenvalue weighted by molar-refractivity contribution is 7.89. The molecule has 0 radical (unpaired) electrons. The van der Waals surface area contributed by atoms with Gasteiger partial charge in [-0.3, -0.25) is 9.59 Å². The van der Waals surface area contributed by atoms with Gasteiger partial charge in [0, 0.05) is 12.7 Å². The number of methoxy groups -OCH3 is 1. The molecule has 0 saturated carbocycles. The zero-order valence-electron chi connectivity index (χ0n) is 14.9. The van der Waals surface area contributed by atoms with E-state index in [2.05, 4.69) is 10.0 Å². The zero-order chi connectivity index (χ0) is 19.6. The molecule has 0 aromatic heterocycles. The lowest BCUT2D eigenvalue weighted by atomic mass is 10.2. The molecular weight excluding hydrogens is 370 g/mol. The fraction of sp³-hybridized carbons (Fsp3) is 0.222. The summed E-state index contributed by atoms with van der Waals surface area (Å²) in [5.41, 5.74) is 1.78. The molecule has 3 rings (SSSR count). The third-order valence-corrected chi connectivity index (χ3v) is 5.64. The van der Waals surface area contributed by atoms with Gasteiger partial charge in [-0.2, -0.15) is 0 Å². The maximum atomic E-state index is 12.5. The summed E-state index contributed by atoms with van der Waals surface area (Å²) in [5, 5.41) is 2.60. The second-order valence-corrected chi connectivity index (χ2v) is 7.76. The highest BCUT2D eigenvalue weighted by Crippen LogP contribution is 2.29. The first-order valence-electron chi connectivity index (χ1n) is 8.14. The molecule has 8 nitrogen and oxygen atoms in total. The smallest absolute Gasteiger partial charge is 0.241 e. The first-order chi connectivity index (χ1) is 12.8. The van der Waals surface area contributed by atoms with Crippen LogP contribution in [0.15, 0.2) is 47.4 Å². The molecule has 0 unspecified atom stereocenters. The van der Waals surface area contributed by atoms with Crippen molar-refractivity contribution in [2.45, 2.75) is 11.3 Å². The van der Waals surface area contributed by atoms with Crippen LogP contribution in [0.5, 0.6) is 5.75 Å². The third kappa shape index (κ3) is 3.93. The zero-order valence-corrected chi connectivity index (χ0v) is 15.7. The lowest BCUT2D eigenvalue weighted by Crippen LogP contribution is -2.33.